The number of nitrogens with two attached hydrogens (primary N) is 1. The summed E-state index contributed by atoms with van der Waals surface area (Å²) in [5.41, 5.74) is 7.53. The zero-order valence-electron chi connectivity index (χ0n) is 8.76. The van der Waals surface area contributed by atoms with Crippen LogP contribution in [0, 0.1) is 0 Å². The fourth-order valence-electron chi connectivity index (χ4n) is 1.67. The van der Waals surface area contributed by atoms with E-state index in [1.165, 1.54) is 0 Å². The van der Waals surface area contributed by atoms with Gasteiger partial charge in [-0.25, -0.2) is 4.68 Å². The molecule has 0 saturated heterocycles. The third-order valence-electron chi connectivity index (χ3n) is 2.49. The van der Waals surface area contributed by atoms with E-state index in [4.69, 9.17) is 5.73 Å². The van der Waals surface area contributed by atoms with Crippen LogP contribution in [0.2, 0.25) is 0 Å². The van der Waals surface area contributed by atoms with E-state index in [0.29, 0.717) is 0 Å². The number of benzene rings is 1. The van der Waals surface area contributed by atoms with Crippen LogP contribution < -0.4 is 5.73 Å². The van der Waals surface area contributed by atoms with Gasteiger partial charge in [-0.05, 0) is 31.5 Å². The Morgan fingerprint density at radius 1 is 1.13 bits per heavy atom. The SMILES string of the molecule is NCCCCCn1nnc2ccccc21. The van der Waals surface area contributed by atoms with Gasteiger partial charge in [-0.1, -0.05) is 23.8 Å². The molecule has 80 valence electrons. The first-order chi connectivity index (χ1) is 7.42. The second-order valence-electron chi connectivity index (χ2n) is 3.65. The second-order valence-corrected chi connectivity index (χ2v) is 3.65. The fraction of sp³-hybridized carbons (Fsp3) is 0.455. The molecule has 2 aromatic rings. The van der Waals surface area contributed by atoms with Crippen molar-refractivity contribution >= 4 is 11.0 Å². The molecule has 2 N–H and O–H groups in total. The molecule has 4 heteroatoms. The molecule has 0 aliphatic carbocycles. The maximum atomic E-state index is 5.44. The van der Waals surface area contributed by atoms with Gasteiger partial charge in [0.05, 0.1) is 5.52 Å². The van der Waals surface area contributed by atoms with Crippen LogP contribution in [0.1, 0.15) is 19.3 Å². The summed E-state index contributed by atoms with van der Waals surface area (Å²) < 4.78 is 1.96. The number of aromatic nitrogens is 3. The number of aryl methyl sites for hydroxylation is 1. The van der Waals surface area contributed by atoms with Gasteiger partial charge < -0.3 is 5.73 Å². The first-order valence-corrected chi connectivity index (χ1v) is 5.40. The van der Waals surface area contributed by atoms with E-state index in [9.17, 15) is 0 Å². The van der Waals surface area contributed by atoms with Crippen molar-refractivity contribution in [3.63, 3.8) is 0 Å². The average molecular weight is 204 g/mol. The molecule has 0 fully saturated rings. The standard InChI is InChI=1S/C11H16N4/c12-8-4-1-5-9-15-11-7-3-2-6-10(11)13-14-15/h2-3,6-7H,1,4-5,8-9,12H2. The Hall–Kier alpha value is -1.42. The van der Waals surface area contributed by atoms with Gasteiger partial charge in [0, 0.05) is 6.54 Å². The molecule has 0 bridgehead atoms. The minimum atomic E-state index is 0.776. The molecule has 0 radical (unpaired) electrons. The molecule has 15 heavy (non-hydrogen) atoms. The van der Waals surface area contributed by atoms with E-state index in [1.54, 1.807) is 0 Å². The summed E-state index contributed by atoms with van der Waals surface area (Å²) in [4.78, 5) is 0. The molecule has 0 aliphatic heterocycles. The van der Waals surface area contributed by atoms with Gasteiger partial charge in [0.15, 0.2) is 0 Å². The van der Waals surface area contributed by atoms with E-state index in [1.807, 2.05) is 22.9 Å². The highest BCUT2D eigenvalue weighted by Crippen LogP contribution is 2.10. The van der Waals surface area contributed by atoms with Crippen LogP contribution in [-0.2, 0) is 6.54 Å². The van der Waals surface area contributed by atoms with Crippen molar-refractivity contribution in [1.29, 1.82) is 0 Å². The topological polar surface area (TPSA) is 56.7 Å². The van der Waals surface area contributed by atoms with Crippen LogP contribution in [0.3, 0.4) is 0 Å². The van der Waals surface area contributed by atoms with E-state index < -0.39 is 0 Å². The summed E-state index contributed by atoms with van der Waals surface area (Å²) in [5, 5.41) is 8.23. The molecule has 0 atom stereocenters. The maximum Gasteiger partial charge on any atom is 0.113 e. The molecule has 0 amide bonds. The van der Waals surface area contributed by atoms with Gasteiger partial charge >= 0.3 is 0 Å². The van der Waals surface area contributed by atoms with Crippen LogP contribution in [0.15, 0.2) is 24.3 Å². The lowest BCUT2D eigenvalue weighted by Crippen LogP contribution is -2.02. The summed E-state index contributed by atoms with van der Waals surface area (Å²) in [5.74, 6) is 0. The number of unbranched alkanes of at least 4 members (excludes halogenated alkanes) is 2. The van der Waals surface area contributed by atoms with Crippen LogP contribution in [0.25, 0.3) is 11.0 Å². The van der Waals surface area contributed by atoms with Crippen LogP contribution in [0.4, 0.5) is 0 Å². The third-order valence-corrected chi connectivity index (χ3v) is 2.49. The van der Waals surface area contributed by atoms with Crippen molar-refractivity contribution in [2.75, 3.05) is 6.54 Å². The number of fused-ring (bicyclic) bond motifs is 1. The second kappa shape index (κ2) is 4.89. The summed E-state index contributed by atoms with van der Waals surface area (Å²) >= 11 is 0. The maximum absolute atomic E-state index is 5.44. The average Bonchev–Trinajstić information content (AvgIpc) is 2.68. The molecule has 4 nitrogen and oxygen atoms in total. The Morgan fingerprint density at radius 2 is 2.00 bits per heavy atom. The number of para-hydroxylation sites is 1. The summed E-state index contributed by atoms with van der Waals surface area (Å²) in [6.45, 7) is 1.71. The highest BCUT2D eigenvalue weighted by molar-refractivity contribution is 5.73. The van der Waals surface area contributed by atoms with E-state index >= 15 is 0 Å². The third kappa shape index (κ3) is 2.33. The molecule has 0 unspecified atom stereocenters. The van der Waals surface area contributed by atoms with Crippen molar-refractivity contribution in [3.05, 3.63) is 24.3 Å². The number of hydrogen-bond donors (Lipinski definition) is 1. The smallest absolute Gasteiger partial charge is 0.113 e. The zero-order chi connectivity index (χ0) is 10.5. The molecule has 0 spiro atoms. The molecule has 0 saturated carbocycles. The normalized spacial score (nSPS) is 11.0. The largest absolute Gasteiger partial charge is 0.330 e. The highest BCUT2D eigenvalue weighted by Gasteiger charge is 2.01. The van der Waals surface area contributed by atoms with Gasteiger partial charge in [0.2, 0.25) is 0 Å². The first kappa shape index (κ1) is 10.1. The van der Waals surface area contributed by atoms with Crippen molar-refractivity contribution in [3.8, 4) is 0 Å². The van der Waals surface area contributed by atoms with Crippen molar-refractivity contribution < 1.29 is 0 Å². The van der Waals surface area contributed by atoms with E-state index in [-0.39, 0.29) is 0 Å². The minimum Gasteiger partial charge on any atom is -0.330 e. The molecule has 2 rings (SSSR count). The quantitative estimate of drug-likeness (QED) is 0.752. The number of hydrogen-bond acceptors (Lipinski definition) is 3. The van der Waals surface area contributed by atoms with Gasteiger partial charge in [-0.3, -0.25) is 0 Å². The lowest BCUT2D eigenvalue weighted by Gasteiger charge is -2.01. The van der Waals surface area contributed by atoms with Crippen LogP contribution >= 0.6 is 0 Å². The van der Waals surface area contributed by atoms with Crippen molar-refractivity contribution in [2.45, 2.75) is 25.8 Å². The Balaban J connectivity index is 2.02. The van der Waals surface area contributed by atoms with E-state index in [2.05, 4.69) is 16.4 Å². The molecule has 1 aromatic carbocycles. The van der Waals surface area contributed by atoms with Gasteiger partial charge in [0.1, 0.15) is 5.52 Å². The monoisotopic (exact) mass is 204 g/mol. The molecular formula is C11H16N4. The molecule has 0 aliphatic rings. The van der Waals surface area contributed by atoms with E-state index in [0.717, 1.165) is 43.4 Å². The number of rotatable bonds is 5. The Bertz CT molecular complexity index is 421. The first-order valence-electron chi connectivity index (χ1n) is 5.40. The lowest BCUT2D eigenvalue weighted by molar-refractivity contribution is 0.544. The van der Waals surface area contributed by atoms with Crippen LogP contribution in [-0.4, -0.2) is 21.5 Å². The summed E-state index contributed by atoms with van der Waals surface area (Å²) in [7, 11) is 0. The Kier molecular flexibility index (Phi) is 3.29. The molecule has 1 aromatic heterocycles. The molecule has 1 heterocycles. The van der Waals surface area contributed by atoms with Crippen molar-refractivity contribution in [1.82, 2.24) is 15.0 Å². The highest BCUT2D eigenvalue weighted by atomic mass is 15.4. The van der Waals surface area contributed by atoms with Gasteiger partial charge in [0.25, 0.3) is 0 Å². The Labute approximate surface area is 89.1 Å². The molecular weight excluding hydrogens is 188 g/mol. The lowest BCUT2D eigenvalue weighted by atomic mass is 10.2. The zero-order valence-corrected chi connectivity index (χ0v) is 8.76. The fourth-order valence-corrected chi connectivity index (χ4v) is 1.67. The van der Waals surface area contributed by atoms with Gasteiger partial charge in [-0.15, -0.1) is 5.10 Å². The predicted molar refractivity (Wildman–Crippen MR) is 60.4 cm³/mol. The predicted octanol–water partition coefficient (Wildman–Crippen LogP) is 1.56. The summed E-state index contributed by atoms with van der Waals surface area (Å²) in [6.07, 6.45) is 3.36. The Morgan fingerprint density at radius 3 is 2.87 bits per heavy atom. The minimum absolute atomic E-state index is 0.776. The van der Waals surface area contributed by atoms with Crippen molar-refractivity contribution in [2.24, 2.45) is 5.73 Å². The number of nitrogens with zero attached hydrogens (tertiary/aromatic N) is 3. The van der Waals surface area contributed by atoms with Crippen LogP contribution in [0.5, 0.6) is 0 Å². The van der Waals surface area contributed by atoms with Gasteiger partial charge in [-0.2, -0.15) is 0 Å². The summed E-state index contributed by atoms with van der Waals surface area (Å²) in [6, 6.07) is 8.04.